The maximum absolute atomic E-state index is 12.3. The standard InChI is InChI=1S/C13H15N3O2/c1-3-8(2)10-11(16-13(18)15-10)12(17)9-5-4-6-14-7-9/h4-8H,3H2,1-2H3,(H2,15,16,18). The smallest absolute Gasteiger partial charge is 0.309 e. The highest BCUT2D eigenvalue weighted by Gasteiger charge is 2.20. The number of aromatic amines is 2. The van der Waals surface area contributed by atoms with E-state index >= 15 is 0 Å². The van der Waals surface area contributed by atoms with Crippen LogP contribution in [-0.2, 0) is 0 Å². The van der Waals surface area contributed by atoms with E-state index in [1.807, 2.05) is 13.8 Å². The Morgan fingerprint density at radius 3 is 2.83 bits per heavy atom. The van der Waals surface area contributed by atoms with Gasteiger partial charge in [0.1, 0.15) is 5.69 Å². The van der Waals surface area contributed by atoms with E-state index in [0.717, 1.165) is 6.42 Å². The van der Waals surface area contributed by atoms with Crippen LogP contribution in [0.25, 0.3) is 0 Å². The highest BCUT2D eigenvalue weighted by molar-refractivity contribution is 6.08. The van der Waals surface area contributed by atoms with E-state index in [4.69, 9.17) is 0 Å². The average molecular weight is 245 g/mol. The van der Waals surface area contributed by atoms with Gasteiger partial charge in [0.15, 0.2) is 0 Å². The lowest BCUT2D eigenvalue weighted by molar-refractivity contribution is 0.103. The predicted molar refractivity (Wildman–Crippen MR) is 67.8 cm³/mol. The van der Waals surface area contributed by atoms with Gasteiger partial charge in [-0.05, 0) is 24.5 Å². The molecular weight excluding hydrogens is 230 g/mol. The van der Waals surface area contributed by atoms with Crippen LogP contribution in [0.4, 0.5) is 0 Å². The molecule has 0 saturated heterocycles. The van der Waals surface area contributed by atoms with Gasteiger partial charge in [0.2, 0.25) is 5.78 Å². The number of rotatable bonds is 4. The molecule has 94 valence electrons. The van der Waals surface area contributed by atoms with Crippen molar-refractivity contribution in [3.63, 3.8) is 0 Å². The SMILES string of the molecule is CCC(C)c1[nH]c(=O)[nH]c1C(=O)c1cccnc1. The maximum Gasteiger partial charge on any atom is 0.323 e. The Bertz CT molecular complexity index is 598. The van der Waals surface area contributed by atoms with Gasteiger partial charge in [0.05, 0.1) is 0 Å². The number of carbonyl (C=O) groups excluding carboxylic acids is 1. The van der Waals surface area contributed by atoms with Gasteiger partial charge in [-0.1, -0.05) is 13.8 Å². The van der Waals surface area contributed by atoms with E-state index in [2.05, 4.69) is 15.0 Å². The van der Waals surface area contributed by atoms with E-state index in [9.17, 15) is 9.59 Å². The number of aromatic nitrogens is 3. The number of H-pyrrole nitrogens is 2. The minimum atomic E-state index is -0.349. The summed E-state index contributed by atoms with van der Waals surface area (Å²) in [6.07, 6.45) is 3.95. The summed E-state index contributed by atoms with van der Waals surface area (Å²) >= 11 is 0. The van der Waals surface area contributed by atoms with Crippen molar-refractivity contribution in [2.24, 2.45) is 0 Å². The molecule has 0 aliphatic heterocycles. The first-order chi connectivity index (χ1) is 8.63. The largest absolute Gasteiger partial charge is 0.323 e. The number of pyridine rings is 1. The molecular formula is C13H15N3O2. The Morgan fingerprint density at radius 1 is 1.44 bits per heavy atom. The van der Waals surface area contributed by atoms with Gasteiger partial charge in [-0.2, -0.15) is 0 Å². The molecule has 0 spiro atoms. The second-order valence-electron chi connectivity index (χ2n) is 4.25. The number of nitrogens with one attached hydrogen (secondary N) is 2. The number of ketones is 1. The molecule has 2 N–H and O–H groups in total. The number of hydrogen-bond donors (Lipinski definition) is 2. The van der Waals surface area contributed by atoms with Crippen LogP contribution in [0.1, 0.15) is 47.9 Å². The minimum absolute atomic E-state index is 0.125. The maximum atomic E-state index is 12.3. The van der Waals surface area contributed by atoms with Gasteiger partial charge >= 0.3 is 5.69 Å². The normalized spacial score (nSPS) is 12.3. The summed E-state index contributed by atoms with van der Waals surface area (Å²) < 4.78 is 0. The third-order valence-corrected chi connectivity index (χ3v) is 3.01. The molecule has 5 heteroatoms. The number of hydrogen-bond acceptors (Lipinski definition) is 3. The molecule has 2 heterocycles. The molecule has 18 heavy (non-hydrogen) atoms. The second-order valence-corrected chi connectivity index (χ2v) is 4.25. The van der Waals surface area contributed by atoms with Gasteiger partial charge in [-0.15, -0.1) is 0 Å². The van der Waals surface area contributed by atoms with Crippen molar-refractivity contribution in [3.05, 3.63) is 52.0 Å². The Hall–Kier alpha value is -2.17. The highest BCUT2D eigenvalue weighted by atomic mass is 16.1. The summed E-state index contributed by atoms with van der Waals surface area (Å²) in [4.78, 5) is 32.8. The summed E-state index contributed by atoms with van der Waals surface area (Å²) in [5.74, 6) is -0.0867. The second kappa shape index (κ2) is 5.00. The summed E-state index contributed by atoms with van der Waals surface area (Å²) in [7, 11) is 0. The summed E-state index contributed by atoms with van der Waals surface area (Å²) in [6, 6.07) is 3.38. The molecule has 0 saturated carbocycles. The molecule has 0 amide bonds. The Labute approximate surface area is 104 Å². The summed E-state index contributed by atoms with van der Waals surface area (Å²) in [5.41, 5.74) is 1.12. The Kier molecular flexibility index (Phi) is 3.41. The van der Waals surface area contributed by atoms with Crippen molar-refractivity contribution in [3.8, 4) is 0 Å². The molecule has 0 bridgehead atoms. The van der Waals surface area contributed by atoms with Crippen LogP contribution in [-0.4, -0.2) is 20.7 Å². The van der Waals surface area contributed by atoms with Gasteiger partial charge in [0.25, 0.3) is 0 Å². The van der Waals surface area contributed by atoms with Crippen LogP contribution < -0.4 is 5.69 Å². The molecule has 0 fully saturated rings. The van der Waals surface area contributed by atoms with Gasteiger partial charge in [-0.25, -0.2) is 4.79 Å². The molecule has 2 aromatic heterocycles. The first kappa shape index (κ1) is 12.3. The molecule has 0 aliphatic rings. The zero-order chi connectivity index (χ0) is 13.1. The molecule has 0 aromatic carbocycles. The van der Waals surface area contributed by atoms with E-state index in [-0.39, 0.29) is 17.4 Å². The third-order valence-electron chi connectivity index (χ3n) is 3.01. The first-order valence-electron chi connectivity index (χ1n) is 5.90. The Morgan fingerprint density at radius 2 is 2.22 bits per heavy atom. The fourth-order valence-corrected chi connectivity index (χ4v) is 1.79. The van der Waals surface area contributed by atoms with Crippen LogP contribution in [0, 0.1) is 0 Å². The van der Waals surface area contributed by atoms with E-state index in [0.29, 0.717) is 17.0 Å². The first-order valence-corrected chi connectivity index (χ1v) is 5.90. The van der Waals surface area contributed by atoms with Crippen molar-refractivity contribution >= 4 is 5.78 Å². The predicted octanol–water partition coefficient (Wildman–Crippen LogP) is 1.84. The molecule has 2 rings (SSSR count). The van der Waals surface area contributed by atoms with Crippen LogP contribution in [0.2, 0.25) is 0 Å². The van der Waals surface area contributed by atoms with Crippen LogP contribution in [0.3, 0.4) is 0 Å². The number of imidazole rings is 1. The molecule has 5 nitrogen and oxygen atoms in total. The molecule has 0 radical (unpaired) electrons. The third kappa shape index (κ3) is 2.25. The Balaban J connectivity index is 2.45. The van der Waals surface area contributed by atoms with Crippen molar-refractivity contribution in [1.29, 1.82) is 0 Å². The van der Waals surface area contributed by atoms with Crippen LogP contribution >= 0.6 is 0 Å². The van der Waals surface area contributed by atoms with Gasteiger partial charge < -0.3 is 9.97 Å². The minimum Gasteiger partial charge on any atom is -0.309 e. The lowest BCUT2D eigenvalue weighted by Crippen LogP contribution is -2.08. The zero-order valence-electron chi connectivity index (χ0n) is 10.4. The molecule has 1 unspecified atom stereocenters. The van der Waals surface area contributed by atoms with E-state index in [1.54, 1.807) is 18.3 Å². The molecule has 1 atom stereocenters. The van der Waals surface area contributed by atoms with Gasteiger partial charge in [0, 0.05) is 23.7 Å². The van der Waals surface area contributed by atoms with Crippen LogP contribution in [0.15, 0.2) is 29.3 Å². The quantitative estimate of drug-likeness (QED) is 0.807. The number of carbonyl (C=O) groups is 1. The zero-order valence-corrected chi connectivity index (χ0v) is 10.4. The van der Waals surface area contributed by atoms with Crippen LogP contribution in [0.5, 0.6) is 0 Å². The average Bonchev–Trinajstić information content (AvgIpc) is 2.80. The molecule has 2 aromatic rings. The fourth-order valence-electron chi connectivity index (χ4n) is 1.79. The fraction of sp³-hybridized carbons (Fsp3) is 0.308. The monoisotopic (exact) mass is 245 g/mol. The highest BCUT2D eigenvalue weighted by Crippen LogP contribution is 2.20. The van der Waals surface area contributed by atoms with E-state index in [1.165, 1.54) is 6.20 Å². The van der Waals surface area contributed by atoms with E-state index < -0.39 is 0 Å². The van der Waals surface area contributed by atoms with Crippen molar-refractivity contribution in [1.82, 2.24) is 15.0 Å². The van der Waals surface area contributed by atoms with Crippen molar-refractivity contribution in [2.45, 2.75) is 26.2 Å². The topological polar surface area (TPSA) is 78.6 Å². The van der Waals surface area contributed by atoms with Crippen molar-refractivity contribution < 1.29 is 4.79 Å². The molecule has 0 aliphatic carbocycles. The summed E-state index contributed by atoms with van der Waals surface area (Å²) in [5, 5.41) is 0. The summed E-state index contributed by atoms with van der Waals surface area (Å²) in [6.45, 7) is 3.98. The number of nitrogens with zero attached hydrogens (tertiary/aromatic N) is 1. The lowest BCUT2D eigenvalue weighted by atomic mass is 9.99. The van der Waals surface area contributed by atoms with Gasteiger partial charge in [-0.3, -0.25) is 9.78 Å². The van der Waals surface area contributed by atoms with Crippen molar-refractivity contribution in [2.75, 3.05) is 0 Å². The lowest BCUT2D eigenvalue weighted by Gasteiger charge is -2.08.